The number of furan rings is 1. The van der Waals surface area contributed by atoms with E-state index in [-0.39, 0.29) is 5.92 Å². The molecule has 0 aromatic carbocycles. The predicted octanol–water partition coefficient (Wildman–Crippen LogP) is 2.80. The van der Waals surface area contributed by atoms with E-state index in [1.165, 1.54) is 0 Å². The Balaban J connectivity index is 1.73. The Morgan fingerprint density at radius 1 is 1.40 bits per heavy atom. The van der Waals surface area contributed by atoms with Crippen molar-refractivity contribution >= 4 is 5.91 Å². The van der Waals surface area contributed by atoms with E-state index in [1.807, 2.05) is 17.0 Å². The minimum Gasteiger partial charge on any atom is -0.468 e. The quantitative estimate of drug-likeness (QED) is 0.870. The number of amides is 1. The average Bonchev–Trinajstić information content (AvgIpc) is 3.00. The lowest BCUT2D eigenvalue weighted by molar-refractivity contribution is -0.136. The minimum absolute atomic E-state index is 0.211. The second-order valence-electron chi connectivity index (χ2n) is 5.57. The van der Waals surface area contributed by atoms with Gasteiger partial charge in [-0.2, -0.15) is 0 Å². The lowest BCUT2D eigenvalue weighted by Gasteiger charge is -2.34. The van der Waals surface area contributed by atoms with Crippen molar-refractivity contribution in [2.45, 2.75) is 52.1 Å². The van der Waals surface area contributed by atoms with Crippen molar-refractivity contribution in [2.75, 3.05) is 13.1 Å². The van der Waals surface area contributed by atoms with E-state index in [0.717, 1.165) is 51.1 Å². The summed E-state index contributed by atoms with van der Waals surface area (Å²) < 4.78 is 5.32. The maximum atomic E-state index is 12.3. The second kappa shape index (κ2) is 7.48. The van der Waals surface area contributed by atoms with Crippen molar-refractivity contribution in [2.24, 2.45) is 5.92 Å². The van der Waals surface area contributed by atoms with Gasteiger partial charge in [-0.15, -0.1) is 0 Å². The van der Waals surface area contributed by atoms with Crippen LogP contribution >= 0.6 is 0 Å². The maximum Gasteiger partial charge on any atom is 0.225 e. The number of hydrogen-bond donors (Lipinski definition) is 1. The zero-order valence-corrected chi connectivity index (χ0v) is 12.6. The Hall–Kier alpha value is -1.29. The summed E-state index contributed by atoms with van der Waals surface area (Å²) >= 11 is 0. The van der Waals surface area contributed by atoms with Gasteiger partial charge in [-0.05, 0) is 37.8 Å². The number of nitrogens with zero attached hydrogens (tertiary/aromatic N) is 1. The van der Waals surface area contributed by atoms with E-state index in [0.29, 0.717) is 11.9 Å². The number of carbonyl (C=O) groups is 1. The van der Waals surface area contributed by atoms with Crippen molar-refractivity contribution in [3.63, 3.8) is 0 Å². The maximum absolute atomic E-state index is 12.3. The molecule has 1 fully saturated rings. The Morgan fingerprint density at radius 2 is 2.10 bits per heavy atom. The molecular weight excluding hydrogens is 252 g/mol. The van der Waals surface area contributed by atoms with Crippen LogP contribution in [0.3, 0.4) is 0 Å². The summed E-state index contributed by atoms with van der Waals surface area (Å²) in [5.41, 5.74) is 0. The largest absolute Gasteiger partial charge is 0.468 e. The Labute approximate surface area is 121 Å². The topological polar surface area (TPSA) is 45.5 Å². The molecule has 0 radical (unpaired) electrons. The van der Waals surface area contributed by atoms with Crippen LogP contribution in [0.15, 0.2) is 22.8 Å². The van der Waals surface area contributed by atoms with Crippen LogP contribution in [0.5, 0.6) is 0 Å². The van der Waals surface area contributed by atoms with Gasteiger partial charge in [0.05, 0.1) is 12.8 Å². The fourth-order valence-electron chi connectivity index (χ4n) is 2.86. The number of carbonyl (C=O) groups excluding carboxylic acids is 1. The molecule has 112 valence electrons. The van der Waals surface area contributed by atoms with Gasteiger partial charge in [0.25, 0.3) is 0 Å². The third-order valence-corrected chi connectivity index (χ3v) is 4.29. The molecule has 1 saturated heterocycles. The molecule has 1 amide bonds. The van der Waals surface area contributed by atoms with Crippen molar-refractivity contribution in [1.82, 2.24) is 10.2 Å². The molecule has 4 heteroatoms. The molecule has 1 aliphatic heterocycles. The summed E-state index contributed by atoms with van der Waals surface area (Å²) in [7, 11) is 0. The highest BCUT2D eigenvalue weighted by Crippen LogP contribution is 2.17. The van der Waals surface area contributed by atoms with Gasteiger partial charge in [-0.1, -0.05) is 13.8 Å². The second-order valence-corrected chi connectivity index (χ2v) is 5.57. The Bertz CT molecular complexity index is 391. The first kappa shape index (κ1) is 15.1. The van der Waals surface area contributed by atoms with E-state index in [9.17, 15) is 4.79 Å². The first-order chi connectivity index (χ1) is 9.74. The van der Waals surface area contributed by atoms with Crippen LogP contribution < -0.4 is 5.32 Å². The molecule has 0 aliphatic carbocycles. The van der Waals surface area contributed by atoms with Crippen LogP contribution in [-0.2, 0) is 11.3 Å². The molecule has 0 unspecified atom stereocenters. The number of piperidine rings is 1. The molecule has 0 saturated carbocycles. The molecule has 0 atom stereocenters. The number of hydrogen-bond acceptors (Lipinski definition) is 3. The Kier molecular flexibility index (Phi) is 5.65. The summed E-state index contributed by atoms with van der Waals surface area (Å²) in [5.74, 6) is 1.53. The molecule has 4 nitrogen and oxygen atoms in total. The van der Waals surface area contributed by atoms with Crippen LogP contribution in [0.2, 0.25) is 0 Å². The highest BCUT2D eigenvalue weighted by molar-refractivity contribution is 5.78. The van der Waals surface area contributed by atoms with Gasteiger partial charge < -0.3 is 14.6 Å². The van der Waals surface area contributed by atoms with Crippen molar-refractivity contribution in [1.29, 1.82) is 0 Å². The third-order valence-electron chi connectivity index (χ3n) is 4.29. The first-order valence-corrected chi connectivity index (χ1v) is 7.79. The lowest BCUT2D eigenvalue weighted by atomic mass is 9.98. The molecule has 2 heterocycles. The van der Waals surface area contributed by atoms with Crippen LogP contribution in [0.25, 0.3) is 0 Å². The van der Waals surface area contributed by atoms with E-state index in [2.05, 4.69) is 19.2 Å². The SMILES string of the molecule is CCC(CC)C(=O)N1CCC(NCc2ccco2)CC1. The standard InChI is InChI=1S/C16H26N2O2/c1-3-13(4-2)16(19)18-9-7-14(8-10-18)17-12-15-6-5-11-20-15/h5-6,11,13-14,17H,3-4,7-10,12H2,1-2H3. The van der Waals surface area contributed by atoms with Crippen LogP contribution in [0.4, 0.5) is 0 Å². The highest BCUT2D eigenvalue weighted by atomic mass is 16.3. The van der Waals surface area contributed by atoms with Crippen LogP contribution in [0.1, 0.15) is 45.3 Å². The van der Waals surface area contributed by atoms with E-state index < -0.39 is 0 Å². The molecule has 20 heavy (non-hydrogen) atoms. The van der Waals surface area contributed by atoms with Gasteiger partial charge in [-0.25, -0.2) is 0 Å². The van der Waals surface area contributed by atoms with Gasteiger partial charge >= 0.3 is 0 Å². The number of rotatable bonds is 6. The van der Waals surface area contributed by atoms with Gasteiger partial charge in [-0.3, -0.25) is 4.79 Å². The molecule has 1 aliphatic rings. The summed E-state index contributed by atoms with van der Waals surface area (Å²) in [5, 5.41) is 3.51. The molecule has 1 aromatic heterocycles. The van der Waals surface area contributed by atoms with E-state index in [4.69, 9.17) is 4.42 Å². The normalized spacial score (nSPS) is 16.9. The molecule has 0 spiro atoms. The monoisotopic (exact) mass is 278 g/mol. The van der Waals surface area contributed by atoms with Gasteiger partial charge in [0.2, 0.25) is 5.91 Å². The lowest BCUT2D eigenvalue weighted by Crippen LogP contribution is -2.46. The third kappa shape index (κ3) is 3.85. The average molecular weight is 278 g/mol. The van der Waals surface area contributed by atoms with Crippen LogP contribution in [-0.4, -0.2) is 29.9 Å². The summed E-state index contributed by atoms with van der Waals surface area (Å²) in [4.78, 5) is 14.3. The zero-order chi connectivity index (χ0) is 14.4. The molecule has 0 bridgehead atoms. The highest BCUT2D eigenvalue weighted by Gasteiger charge is 2.26. The smallest absolute Gasteiger partial charge is 0.225 e. The number of nitrogens with one attached hydrogen (secondary N) is 1. The molecular formula is C16H26N2O2. The van der Waals surface area contributed by atoms with Gasteiger partial charge in [0, 0.05) is 25.0 Å². The van der Waals surface area contributed by atoms with Crippen molar-refractivity contribution < 1.29 is 9.21 Å². The molecule has 2 rings (SSSR count). The van der Waals surface area contributed by atoms with Gasteiger partial charge in [0.1, 0.15) is 5.76 Å². The molecule has 1 aromatic rings. The molecule has 1 N–H and O–H groups in total. The van der Waals surface area contributed by atoms with Crippen molar-refractivity contribution in [3.8, 4) is 0 Å². The van der Waals surface area contributed by atoms with Gasteiger partial charge in [0.15, 0.2) is 0 Å². The fourth-order valence-corrected chi connectivity index (χ4v) is 2.86. The summed E-state index contributed by atoms with van der Waals surface area (Å²) in [6, 6.07) is 4.39. The van der Waals surface area contributed by atoms with Crippen molar-refractivity contribution in [3.05, 3.63) is 24.2 Å². The minimum atomic E-state index is 0.211. The van der Waals surface area contributed by atoms with E-state index in [1.54, 1.807) is 6.26 Å². The van der Waals surface area contributed by atoms with Crippen LogP contribution in [0, 0.1) is 5.92 Å². The summed E-state index contributed by atoms with van der Waals surface area (Å²) in [6.45, 7) is 6.74. The first-order valence-electron chi connectivity index (χ1n) is 7.79. The number of likely N-dealkylation sites (tertiary alicyclic amines) is 1. The van der Waals surface area contributed by atoms with E-state index >= 15 is 0 Å². The predicted molar refractivity (Wildman–Crippen MR) is 79.2 cm³/mol. The zero-order valence-electron chi connectivity index (χ0n) is 12.6. The fraction of sp³-hybridized carbons (Fsp3) is 0.688. The Morgan fingerprint density at radius 3 is 2.65 bits per heavy atom. The summed E-state index contributed by atoms with van der Waals surface area (Å²) in [6.07, 6.45) is 5.67.